The molecule has 2 rings (SSSR count). The van der Waals surface area contributed by atoms with Gasteiger partial charge in [0.25, 0.3) is 0 Å². The van der Waals surface area contributed by atoms with Gasteiger partial charge in [0, 0.05) is 25.3 Å². The Morgan fingerprint density at radius 2 is 2.24 bits per heavy atom. The Morgan fingerprint density at radius 3 is 2.90 bits per heavy atom. The molecular formula is C16H25N3O2. The minimum atomic E-state index is -0.461. The van der Waals surface area contributed by atoms with Crippen LogP contribution in [0.5, 0.6) is 0 Å². The molecule has 0 aromatic carbocycles. The van der Waals surface area contributed by atoms with Crippen molar-refractivity contribution in [3.63, 3.8) is 0 Å². The Balaban J connectivity index is 1.92. The SMILES string of the molecule is CC(C)(C)OC(=O)NC[C@@H]1CCCCN1c1ccccn1. The van der Waals surface area contributed by atoms with Crippen LogP contribution in [0.3, 0.4) is 0 Å². The highest BCUT2D eigenvalue weighted by atomic mass is 16.6. The van der Waals surface area contributed by atoms with Crippen molar-refractivity contribution in [2.45, 2.75) is 51.7 Å². The fourth-order valence-corrected chi connectivity index (χ4v) is 2.55. The fraction of sp³-hybridized carbons (Fsp3) is 0.625. The van der Waals surface area contributed by atoms with E-state index in [1.165, 1.54) is 12.8 Å². The second kappa shape index (κ2) is 6.78. The zero-order valence-electron chi connectivity index (χ0n) is 13.1. The van der Waals surface area contributed by atoms with E-state index in [-0.39, 0.29) is 12.1 Å². The van der Waals surface area contributed by atoms with Crippen LogP contribution >= 0.6 is 0 Å². The summed E-state index contributed by atoms with van der Waals surface area (Å²) >= 11 is 0. The molecule has 1 amide bonds. The number of ether oxygens (including phenoxy) is 1. The first kappa shape index (κ1) is 15.6. The first-order valence-corrected chi connectivity index (χ1v) is 7.60. The molecule has 0 saturated carbocycles. The monoisotopic (exact) mass is 291 g/mol. The lowest BCUT2D eigenvalue weighted by Gasteiger charge is -2.36. The molecule has 1 fully saturated rings. The molecule has 1 N–H and O–H groups in total. The molecule has 1 aliphatic rings. The third kappa shape index (κ3) is 4.92. The first-order valence-electron chi connectivity index (χ1n) is 7.60. The van der Waals surface area contributed by atoms with Crippen LogP contribution < -0.4 is 10.2 Å². The molecule has 0 bridgehead atoms. The summed E-state index contributed by atoms with van der Waals surface area (Å²) < 4.78 is 5.29. The highest BCUT2D eigenvalue weighted by molar-refractivity contribution is 5.67. The van der Waals surface area contributed by atoms with E-state index < -0.39 is 5.60 Å². The fourth-order valence-electron chi connectivity index (χ4n) is 2.55. The van der Waals surface area contributed by atoms with Crippen molar-refractivity contribution in [3.05, 3.63) is 24.4 Å². The largest absolute Gasteiger partial charge is 0.444 e. The summed E-state index contributed by atoms with van der Waals surface area (Å²) in [5.74, 6) is 0.980. The van der Waals surface area contributed by atoms with Gasteiger partial charge in [-0.2, -0.15) is 0 Å². The summed E-state index contributed by atoms with van der Waals surface area (Å²) in [7, 11) is 0. The summed E-state index contributed by atoms with van der Waals surface area (Å²) in [6, 6.07) is 6.21. The van der Waals surface area contributed by atoms with Crippen molar-refractivity contribution in [1.29, 1.82) is 0 Å². The van der Waals surface area contributed by atoms with Crippen molar-refractivity contribution in [2.24, 2.45) is 0 Å². The van der Waals surface area contributed by atoms with Crippen LogP contribution in [0.4, 0.5) is 10.6 Å². The van der Waals surface area contributed by atoms with Gasteiger partial charge in [0.15, 0.2) is 0 Å². The van der Waals surface area contributed by atoms with Crippen LogP contribution in [0, 0.1) is 0 Å². The van der Waals surface area contributed by atoms with Gasteiger partial charge in [-0.3, -0.25) is 0 Å². The van der Waals surface area contributed by atoms with Crippen LogP contribution in [0.1, 0.15) is 40.0 Å². The normalized spacial score (nSPS) is 19.2. The molecule has 21 heavy (non-hydrogen) atoms. The lowest BCUT2D eigenvalue weighted by atomic mass is 10.0. The maximum absolute atomic E-state index is 11.8. The molecule has 116 valence electrons. The zero-order chi connectivity index (χ0) is 15.3. The van der Waals surface area contributed by atoms with E-state index >= 15 is 0 Å². The number of aromatic nitrogens is 1. The van der Waals surface area contributed by atoms with E-state index in [0.29, 0.717) is 6.54 Å². The number of carbonyl (C=O) groups excluding carboxylic acids is 1. The topological polar surface area (TPSA) is 54.5 Å². The Bertz CT molecular complexity index is 456. The van der Waals surface area contributed by atoms with Crippen LogP contribution in [0.2, 0.25) is 0 Å². The molecular weight excluding hydrogens is 266 g/mol. The molecule has 0 radical (unpaired) electrons. The van der Waals surface area contributed by atoms with Gasteiger partial charge in [-0.25, -0.2) is 9.78 Å². The molecule has 1 aliphatic heterocycles. The molecule has 1 aromatic rings. The minimum absolute atomic E-state index is 0.279. The Morgan fingerprint density at radius 1 is 1.43 bits per heavy atom. The summed E-state index contributed by atoms with van der Waals surface area (Å²) in [6.07, 6.45) is 4.87. The number of amides is 1. The number of rotatable bonds is 3. The van der Waals surface area contributed by atoms with Gasteiger partial charge in [-0.05, 0) is 52.2 Å². The second-order valence-corrected chi connectivity index (χ2v) is 6.41. The maximum Gasteiger partial charge on any atom is 0.407 e. The number of piperidine rings is 1. The molecule has 5 heteroatoms. The van der Waals surface area contributed by atoms with Gasteiger partial charge in [-0.1, -0.05) is 6.07 Å². The van der Waals surface area contributed by atoms with Crippen LogP contribution in [0.25, 0.3) is 0 Å². The van der Waals surface area contributed by atoms with Crippen LogP contribution in [-0.4, -0.2) is 35.8 Å². The number of anilines is 1. The molecule has 2 heterocycles. The van der Waals surface area contributed by atoms with Gasteiger partial charge in [-0.15, -0.1) is 0 Å². The zero-order valence-corrected chi connectivity index (χ0v) is 13.1. The standard InChI is InChI=1S/C16H25N3O2/c1-16(2,3)21-15(20)18-12-13-8-5-7-11-19(13)14-9-4-6-10-17-14/h4,6,9-10,13H,5,7-8,11-12H2,1-3H3,(H,18,20)/t13-/m0/s1. The van der Waals surface area contributed by atoms with E-state index in [2.05, 4.69) is 15.2 Å². The van der Waals surface area contributed by atoms with Gasteiger partial charge < -0.3 is 15.0 Å². The quantitative estimate of drug-likeness (QED) is 0.930. The van der Waals surface area contributed by atoms with Gasteiger partial charge in [0.2, 0.25) is 0 Å². The summed E-state index contributed by atoms with van der Waals surface area (Å²) in [4.78, 5) is 18.5. The van der Waals surface area contributed by atoms with E-state index in [9.17, 15) is 4.79 Å². The average Bonchev–Trinajstić information content (AvgIpc) is 2.45. The van der Waals surface area contributed by atoms with Crippen molar-refractivity contribution in [1.82, 2.24) is 10.3 Å². The van der Waals surface area contributed by atoms with E-state index in [1.54, 1.807) is 0 Å². The number of nitrogens with one attached hydrogen (secondary N) is 1. The number of nitrogens with zero attached hydrogens (tertiary/aromatic N) is 2. The highest BCUT2D eigenvalue weighted by Crippen LogP contribution is 2.22. The average molecular weight is 291 g/mol. The molecule has 0 aliphatic carbocycles. The summed E-state index contributed by atoms with van der Waals surface area (Å²) in [5.41, 5.74) is -0.461. The third-order valence-electron chi connectivity index (χ3n) is 3.45. The molecule has 5 nitrogen and oxygen atoms in total. The van der Waals surface area contributed by atoms with Gasteiger partial charge in [0.05, 0.1) is 0 Å². The highest BCUT2D eigenvalue weighted by Gasteiger charge is 2.24. The van der Waals surface area contributed by atoms with Crippen molar-refractivity contribution in [3.8, 4) is 0 Å². The number of alkyl carbamates (subject to hydrolysis) is 1. The van der Waals surface area contributed by atoms with Crippen molar-refractivity contribution < 1.29 is 9.53 Å². The predicted molar refractivity (Wildman–Crippen MR) is 83.5 cm³/mol. The van der Waals surface area contributed by atoms with Crippen molar-refractivity contribution in [2.75, 3.05) is 18.0 Å². The van der Waals surface area contributed by atoms with Gasteiger partial charge >= 0.3 is 6.09 Å². The first-order chi connectivity index (χ1) is 9.96. The number of pyridine rings is 1. The van der Waals surface area contributed by atoms with Crippen LogP contribution in [0.15, 0.2) is 24.4 Å². The van der Waals surface area contributed by atoms with Crippen LogP contribution in [-0.2, 0) is 4.74 Å². The number of hydrogen-bond acceptors (Lipinski definition) is 4. The van der Waals surface area contributed by atoms with E-state index in [0.717, 1.165) is 18.8 Å². The lowest BCUT2D eigenvalue weighted by Crippen LogP contribution is -2.48. The molecule has 1 saturated heterocycles. The number of carbonyl (C=O) groups is 1. The molecule has 0 unspecified atom stereocenters. The van der Waals surface area contributed by atoms with E-state index in [4.69, 9.17) is 4.74 Å². The Hall–Kier alpha value is -1.78. The minimum Gasteiger partial charge on any atom is -0.444 e. The summed E-state index contributed by atoms with van der Waals surface area (Å²) in [5, 5.41) is 2.88. The van der Waals surface area contributed by atoms with E-state index in [1.807, 2.05) is 45.2 Å². The molecule has 0 spiro atoms. The van der Waals surface area contributed by atoms with Crippen molar-refractivity contribution >= 4 is 11.9 Å². The Labute approximate surface area is 126 Å². The molecule has 1 aromatic heterocycles. The summed E-state index contributed by atoms with van der Waals surface area (Å²) in [6.45, 7) is 7.18. The third-order valence-corrected chi connectivity index (χ3v) is 3.45. The smallest absolute Gasteiger partial charge is 0.407 e. The van der Waals surface area contributed by atoms with Gasteiger partial charge in [0.1, 0.15) is 11.4 Å². The Kier molecular flexibility index (Phi) is 5.04. The second-order valence-electron chi connectivity index (χ2n) is 6.41. The lowest BCUT2D eigenvalue weighted by molar-refractivity contribution is 0.0523. The number of hydrogen-bond donors (Lipinski definition) is 1. The predicted octanol–water partition coefficient (Wildman–Crippen LogP) is 2.97. The maximum atomic E-state index is 11.8. The molecule has 1 atom stereocenters.